The molecule has 0 unspecified atom stereocenters. The number of methoxy groups -OCH3 is 1. The maximum Gasteiger partial charge on any atom is 0.356 e. The Hall–Kier alpha value is -1.91. The summed E-state index contributed by atoms with van der Waals surface area (Å²) in [7, 11) is 1.32. The van der Waals surface area contributed by atoms with E-state index in [0.29, 0.717) is 0 Å². The Bertz CT molecular complexity index is 449. The molecular formula is C8H7N3O2. The lowest BCUT2D eigenvalue weighted by Gasteiger charge is -1.97. The molecule has 2 aromatic heterocycles. The number of carbonyl (C=O) groups is 1. The van der Waals surface area contributed by atoms with Crippen LogP contribution >= 0.6 is 0 Å². The molecule has 2 aromatic rings. The molecule has 0 saturated carbocycles. The molecule has 0 spiro atoms. The summed E-state index contributed by atoms with van der Waals surface area (Å²) in [5.74, 6) is -0.441. The third-order valence-corrected chi connectivity index (χ3v) is 1.69. The van der Waals surface area contributed by atoms with E-state index in [1.165, 1.54) is 13.4 Å². The fraction of sp³-hybridized carbons (Fsp3) is 0.125. The second kappa shape index (κ2) is 2.85. The molecule has 5 heteroatoms. The Kier molecular flexibility index (Phi) is 1.70. The average Bonchev–Trinajstić information content (AvgIpc) is 2.63. The molecule has 0 fully saturated rings. The van der Waals surface area contributed by atoms with Crippen molar-refractivity contribution in [3.63, 3.8) is 0 Å². The minimum atomic E-state index is -0.441. The van der Waals surface area contributed by atoms with Gasteiger partial charge >= 0.3 is 5.97 Å². The van der Waals surface area contributed by atoms with Gasteiger partial charge in [0.1, 0.15) is 6.33 Å². The zero-order valence-electron chi connectivity index (χ0n) is 6.97. The molecule has 0 bridgehead atoms. The van der Waals surface area contributed by atoms with Crippen LogP contribution in [0.5, 0.6) is 0 Å². The van der Waals surface area contributed by atoms with Gasteiger partial charge in [-0.1, -0.05) is 0 Å². The summed E-state index contributed by atoms with van der Waals surface area (Å²) in [6.45, 7) is 0. The normalized spacial score (nSPS) is 10.2. The topological polar surface area (TPSA) is 56.5 Å². The zero-order chi connectivity index (χ0) is 9.26. The predicted octanol–water partition coefficient (Wildman–Crippen LogP) is 0.516. The van der Waals surface area contributed by atoms with Crippen molar-refractivity contribution in [2.45, 2.75) is 0 Å². The molecule has 0 aliphatic heterocycles. The Balaban J connectivity index is 2.54. The predicted molar refractivity (Wildman–Crippen MR) is 44.3 cm³/mol. The summed E-state index contributed by atoms with van der Waals surface area (Å²) in [6.07, 6.45) is 3.11. The van der Waals surface area contributed by atoms with Crippen LogP contribution in [-0.4, -0.2) is 27.7 Å². The highest BCUT2D eigenvalue weighted by Gasteiger charge is 2.07. The van der Waals surface area contributed by atoms with Crippen molar-refractivity contribution >= 4 is 11.5 Å². The monoisotopic (exact) mass is 177 g/mol. The van der Waals surface area contributed by atoms with Crippen LogP contribution in [0.3, 0.4) is 0 Å². The second-order valence-corrected chi connectivity index (χ2v) is 2.47. The third kappa shape index (κ3) is 1.24. The minimum Gasteiger partial charge on any atom is -0.464 e. The van der Waals surface area contributed by atoms with Gasteiger partial charge in [-0.05, 0) is 12.1 Å². The van der Waals surface area contributed by atoms with Crippen LogP contribution in [0, 0.1) is 0 Å². The maximum absolute atomic E-state index is 11.1. The molecule has 0 aliphatic rings. The summed E-state index contributed by atoms with van der Waals surface area (Å²) < 4.78 is 6.11. The van der Waals surface area contributed by atoms with Crippen LogP contribution in [0.2, 0.25) is 0 Å². The van der Waals surface area contributed by atoms with Gasteiger partial charge in [0.15, 0.2) is 5.69 Å². The molecule has 2 heterocycles. The van der Waals surface area contributed by atoms with Crippen molar-refractivity contribution < 1.29 is 9.53 Å². The van der Waals surface area contributed by atoms with Gasteiger partial charge in [0.05, 0.1) is 18.8 Å². The fourth-order valence-corrected chi connectivity index (χ4v) is 1.05. The van der Waals surface area contributed by atoms with E-state index in [4.69, 9.17) is 0 Å². The smallest absolute Gasteiger partial charge is 0.356 e. The number of nitrogens with zero attached hydrogens (tertiary/aromatic N) is 3. The van der Waals surface area contributed by atoms with Gasteiger partial charge in [-0.3, -0.25) is 0 Å². The lowest BCUT2D eigenvalue weighted by molar-refractivity contribution is 0.0594. The first-order valence-corrected chi connectivity index (χ1v) is 3.69. The highest BCUT2D eigenvalue weighted by Crippen LogP contribution is 2.03. The van der Waals surface area contributed by atoms with Crippen molar-refractivity contribution in [1.29, 1.82) is 0 Å². The zero-order valence-corrected chi connectivity index (χ0v) is 6.97. The summed E-state index contributed by atoms with van der Waals surface area (Å²) in [5, 5.41) is 3.95. The molecule has 66 valence electrons. The van der Waals surface area contributed by atoms with Crippen LogP contribution in [0.15, 0.2) is 24.7 Å². The lowest BCUT2D eigenvalue weighted by Crippen LogP contribution is -2.05. The Morgan fingerprint density at radius 3 is 3.23 bits per heavy atom. The summed E-state index contributed by atoms with van der Waals surface area (Å²) in [5.41, 5.74) is 1.10. The van der Waals surface area contributed by atoms with E-state index < -0.39 is 5.97 Å². The van der Waals surface area contributed by atoms with Crippen LogP contribution < -0.4 is 0 Å². The summed E-state index contributed by atoms with van der Waals surface area (Å²) in [6, 6.07) is 3.41. The van der Waals surface area contributed by atoms with Crippen LogP contribution in [0.1, 0.15) is 10.5 Å². The van der Waals surface area contributed by atoms with E-state index in [9.17, 15) is 4.79 Å². The van der Waals surface area contributed by atoms with Crippen molar-refractivity contribution in [3.05, 3.63) is 30.4 Å². The first-order valence-electron chi connectivity index (χ1n) is 3.69. The van der Waals surface area contributed by atoms with E-state index in [2.05, 4.69) is 14.8 Å². The number of carbonyl (C=O) groups excluding carboxylic acids is 1. The number of hydrogen-bond donors (Lipinski definition) is 0. The van der Waals surface area contributed by atoms with E-state index in [-0.39, 0.29) is 5.69 Å². The van der Waals surface area contributed by atoms with Crippen molar-refractivity contribution in [1.82, 2.24) is 14.6 Å². The second-order valence-electron chi connectivity index (χ2n) is 2.47. The van der Waals surface area contributed by atoms with Crippen LogP contribution in [0.25, 0.3) is 5.52 Å². The quantitative estimate of drug-likeness (QED) is 0.596. The van der Waals surface area contributed by atoms with Crippen molar-refractivity contribution in [2.75, 3.05) is 7.11 Å². The largest absolute Gasteiger partial charge is 0.464 e. The molecule has 5 nitrogen and oxygen atoms in total. The standard InChI is InChI=1S/C8H7N3O2/c1-13-8(12)7-4-6-2-3-10-11(6)5-9-7/h2-5H,1H3. The molecule has 13 heavy (non-hydrogen) atoms. The number of fused-ring (bicyclic) bond motifs is 1. The molecule has 0 aromatic carbocycles. The van der Waals surface area contributed by atoms with Gasteiger partial charge in [0, 0.05) is 0 Å². The van der Waals surface area contributed by atoms with Gasteiger partial charge in [-0.25, -0.2) is 14.3 Å². The van der Waals surface area contributed by atoms with Gasteiger partial charge in [-0.2, -0.15) is 5.10 Å². The van der Waals surface area contributed by atoms with Gasteiger partial charge in [0.25, 0.3) is 0 Å². The van der Waals surface area contributed by atoms with Crippen LogP contribution in [0.4, 0.5) is 0 Å². The number of ether oxygens (including phenoxy) is 1. The maximum atomic E-state index is 11.1. The fourth-order valence-electron chi connectivity index (χ4n) is 1.05. The van der Waals surface area contributed by atoms with E-state index in [1.807, 2.05) is 0 Å². The highest BCUT2D eigenvalue weighted by molar-refractivity contribution is 5.88. The number of rotatable bonds is 1. The van der Waals surface area contributed by atoms with Gasteiger partial charge in [0.2, 0.25) is 0 Å². The SMILES string of the molecule is COC(=O)c1cc2ccnn2cn1. The average molecular weight is 177 g/mol. The van der Waals surface area contributed by atoms with E-state index >= 15 is 0 Å². The lowest BCUT2D eigenvalue weighted by atomic mass is 10.3. The molecule has 0 saturated heterocycles. The molecule has 0 atom stereocenters. The van der Waals surface area contributed by atoms with Gasteiger partial charge < -0.3 is 4.74 Å². The minimum absolute atomic E-state index is 0.288. The summed E-state index contributed by atoms with van der Waals surface area (Å²) >= 11 is 0. The Labute approximate surface area is 74.0 Å². The molecule has 2 rings (SSSR count). The van der Waals surface area contributed by atoms with Crippen LogP contribution in [-0.2, 0) is 4.74 Å². The first kappa shape index (κ1) is 7.72. The van der Waals surface area contributed by atoms with E-state index in [0.717, 1.165) is 5.52 Å². The number of aromatic nitrogens is 3. The highest BCUT2D eigenvalue weighted by atomic mass is 16.5. The molecular weight excluding hydrogens is 170 g/mol. The number of hydrogen-bond acceptors (Lipinski definition) is 4. The molecule has 0 radical (unpaired) electrons. The molecule has 0 aliphatic carbocycles. The first-order chi connectivity index (χ1) is 6.31. The Morgan fingerprint density at radius 1 is 1.62 bits per heavy atom. The number of esters is 1. The molecule has 0 N–H and O–H groups in total. The van der Waals surface area contributed by atoms with E-state index in [1.54, 1.807) is 22.8 Å². The van der Waals surface area contributed by atoms with Crippen molar-refractivity contribution in [3.8, 4) is 0 Å². The Morgan fingerprint density at radius 2 is 2.46 bits per heavy atom. The van der Waals surface area contributed by atoms with Crippen molar-refractivity contribution in [2.24, 2.45) is 0 Å². The third-order valence-electron chi connectivity index (χ3n) is 1.69. The molecule has 0 amide bonds. The summed E-state index contributed by atoms with van der Waals surface area (Å²) in [4.78, 5) is 14.9. The van der Waals surface area contributed by atoms with Gasteiger partial charge in [-0.15, -0.1) is 0 Å².